The van der Waals surface area contributed by atoms with Gasteiger partial charge in [-0.1, -0.05) is 0 Å². The van der Waals surface area contributed by atoms with Crippen molar-refractivity contribution in [2.45, 2.75) is 32.1 Å². The van der Waals surface area contributed by atoms with Crippen LogP contribution in [0.25, 0.3) is 0 Å². The molecule has 1 unspecified atom stereocenters. The molecule has 18 heavy (non-hydrogen) atoms. The molecule has 1 saturated heterocycles. The van der Waals surface area contributed by atoms with Crippen LogP contribution in [0.1, 0.15) is 32.1 Å². The molecular formula is C12H22N2O4. The first kappa shape index (κ1) is 14.8. The molecule has 0 bridgehead atoms. The van der Waals surface area contributed by atoms with Crippen LogP contribution in [-0.4, -0.2) is 53.4 Å². The molecule has 104 valence electrons. The Morgan fingerprint density at radius 2 is 2.11 bits per heavy atom. The smallest absolute Gasteiger partial charge is 0.317 e. The van der Waals surface area contributed by atoms with Gasteiger partial charge in [0, 0.05) is 32.7 Å². The molecule has 1 aliphatic rings. The second kappa shape index (κ2) is 7.92. The number of likely N-dealkylation sites (tertiary alicyclic amines) is 1. The average Bonchev–Trinajstić information content (AvgIpc) is 2.77. The van der Waals surface area contributed by atoms with E-state index < -0.39 is 5.97 Å². The molecular weight excluding hydrogens is 236 g/mol. The van der Waals surface area contributed by atoms with Crippen molar-refractivity contribution < 1.29 is 19.8 Å². The topological polar surface area (TPSA) is 89.9 Å². The third-order valence-electron chi connectivity index (χ3n) is 3.20. The fourth-order valence-corrected chi connectivity index (χ4v) is 2.14. The number of aliphatic carboxylic acids is 1. The van der Waals surface area contributed by atoms with Crippen LogP contribution >= 0.6 is 0 Å². The first-order valence-corrected chi connectivity index (χ1v) is 6.49. The fourth-order valence-electron chi connectivity index (χ4n) is 2.14. The lowest BCUT2D eigenvalue weighted by molar-refractivity contribution is -0.137. The van der Waals surface area contributed by atoms with E-state index in [1.807, 2.05) is 0 Å². The van der Waals surface area contributed by atoms with Gasteiger partial charge in [0.1, 0.15) is 0 Å². The van der Waals surface area contributed by atoms with Crippen LogP contribution in [0.4, 0.5) is 4.79 Å². The van der Waals surface area contributed by atoms with E-state index in [0.29, 0.717) is 31.8 Å². The summed E-state index contributed by atoms with van der Waals surface area (Å²) < 4.78 is 0. The summed E-state index contributed by atoms with van der Waals surface area (Å²) in [6.45, 7) is 2.15. The number of aliphatic hydroxyl groups excluding tert-OH is 1. The number of nitrogens with zero attached hydrogens (tertiary/aromatic N) is 1. The third kappa shape index (κ3) is 5.35. The quantitative estimate of drug-likeness (QED) is 0.585. The normalized spacial score (nSPS) is 18.9. The van der Waals surface area contributed by atoms with Crippen LogP contribution in [0, 0.1) is 5.92 Å². The van der Waals surface area contributed by atoms with Gasteiger partial charge in [-0.25, -0.2) is 4.79 Å². The number of urea groups is 1. The van der Waals surface area contributed by atoms with E-state index in [-0.39, 0.29) is 19.1 Å². The highest BCUT2D eigenvalue weighted by Gasteiger charge is 2.25. The van der Waals surface area contributed by atoms with Crippen LogP contribution in [-0.2, 0) is 4.79 Å². The van der Waals surface area contributed by atoms with Gasteiger partial charge in [-0.05, 0) is 31.6 Å². The standard InChI is InChI=1S/C12H22N2O4/c15-8-5-10-4-7-14(9-10)12(18)13-6-2-1-3-11(16)17/h10,15H,1-9H2,(H,13,18)(H,16,17). The molecule has 1 rings (SSSR count). The number of rotatable bonds is 7. The fraction of sp³-hybridized carbons (Fsp3) is 0.833. The third-order valence-corrected chi connectivity index (χ3v) is 3.20. The number of carbonyl (C=O) groups is 2. The minimum atomic E-state index is -0.798. The molecule has 2 amide bonds. The van der Waals surface area contributed by atoms with Crippen molar-refractivity contribution in [3.8, 4) is 0 Å². The SMILES string of the molecule is O=C(O)CCCCNC(=O)N1CCC(CCO)C1. The van der Waals surface area contributed by atoms with Gasteiger partial charge < -0.3 is 20.4 Å². The average molecular weight is 258 g/mol. The van der Waals surface area contributed by atoms with Gasteiger partial charge >= 0.3 is 12.0 Å². The van der Waals surface area contributed by atoms with Crippen LogP contribution < -0.4 is 5.32 Å². The largest absolute Gasteiger partial charge is 0.481 e. The maximum absolute atomic E-state index is 11.7. The number of unbranched alkanes of at least 4 members (excludes halogenated alkanes) is 1. The van der Waals surface area contributed by atoms with E-state index in [0.717, 1.165) is 19.4 Å². The molecule has 0 aliphatic carbocycles. The van der Waals surface area contributed by atoms with E-state index in [2.05, 4.69) is 5.32 Å². The highest BCUT2D eigenvalue weighted by molar-refractivity contribution is 5.74. The lowest BCUT2D eigenvalue weighted by atomic mass is 10.1. The molecule has 0 aromatic carbocycles. The zero-order chi connectivity index (χ0) is 13.4. The highest BCUT2D eigenvalue weighted by atomic mass is 16.4. The molecule has 6 nitrogen and oxygen atoms in total. The number of aliphatic hydroxyl groups is 1. The minimum Gasteiger partial charge on any atom is -0.481 e. The number of hydrogen-bond acceptors (Lipinski definition) is 3. The summed E-state index contributed by atoms with van der Waals surface area (Å²) in [4.78, 5) is 23.8. The Balaban J connectivity index is 2.08. The second-order valence-corrected chi connectivity index (χ2v) is 4.70. The van der Waals surface area contributed by atoms with Gasteiger partial charge in [-0.2, -0.15) is 0 Å². The summed E-state index contributed by atoms with van der Waals surface area (Å²) in [5.74, 6) is -0.388. The van der Waals surface area contributed by atoms with Crippen molar-refractivity contribution in [3.05, 3.63) is 0 Å². The van der Waals surface area contributed by atoms with E-state index >= 15 is 0 Å². The molecule has 0 spiro atoms. The first-order chi connectivity index (χ1) is 8.63. The van der Waals surface area contributed by atoms with Crippen molar-refractivity contribution in [3.63, 3.8) is 0 Å². The molecule has 1 atom stereocenters. The van der Waals surface area contributed by atoms with Crippen molar-refractivity contribution in [1.82, 2.24) is 10.2 Å². The number of carboxylic acid groups (broad SMARTS) is 1. The summed E-state index contributed by atoms with van der Waals surface area (Å²) in [6.07, 6.45) is 3.13. The summed E-state index contributed by atoms with van der Waals surface area (Å²) >= 11 is 0. The number of amides is 2. The Labute approximate surface area is 107 Å². The second-order valence-electron chi connectivity index (χ2n) is 4.70. The number of nitrogens with one attached hydrogen (secondary N) is 1. The molecule has 1 heterocycles. The van der Waals surface area contributed by atoms with Gasteiger partial charge in [0.25, 0.3) is 0 Å². The number of carbonyl (C=O) groups excluding carboxylic acids is 1. The lowest BCUT2D eigenvalue weighted by Gasteiger charge is -2.17. The van der Waals surface area contributed by atoms with Gasteiger partial charge in [0.2, 0.25) is 0 Å². The van der Waals surface area contributed by atoms with Gasteiger partial charge in [0.15, 0.2) is 0 Å². The predicted molar refractivity (Wildman–Crippen MR) is 66.3 cm³/mol. The summed E-state index contributed by atoms with van der Waals surface area (Å²) in [7, 11) is 0. The van der Waals surface area contributed by atoms with Gasteiger partial charge in [-0.3, -0.25) is 4.79 Å². The molecule has 0 aromatic heterocycles. The minimum absolute atomic E-state index is 0.0780. The van der Waals surface area contributed by atoms with E-state index in [9.17, 15) is 9.59 Å². The zero-order valence-electron chi connectivity index (χ0n) is 10.6. The molecule has 0 radical (unpaired) electrons. The van der Waals surface area contributed by atoms with Crippen molar-refractivity contribution >= 4 is 12.0 Å². The molecule has 0 saturated carbocycles. The molecule has 1 aliphatic heterocycles. The lowest BCUT2D eigenvalue weighted by Crippen LogP contribution is -2.38. The highest BCUT2D eigenvalue weighted by Crippen LogP contribution is 2.18. The van der Waals surface area contributed by atoms with Crippen molar-refractivity contribution in [2.75, 3.05) is 26.2 Å². The molecule has 1 fully saturated rings. The molecule has 0 aromatic rings. The van der Waals surface area contributed by atoms with E-state index in [1.165, 1.54) is 0 Å². The first-order valence-electron chi connectivity index (χ1n) is 6.49. The Morgan fingerprint density at radius 3 is 2.78 bits per heavy atom. The predicted octanol–water partition coefficient (Wildman–Crippen LogP) is 0.655. The van der Waals surface area contributed by atoms with Crippen LogP contribution in [0.2, 0.25) is 0 Å². The van der Waals surface area contributed by atoms with Crippen LogP contribution in [0.15, 0.2) is 0 Å². The molecule has 3 N–H and O–H groups in total. The number of carboxylic acids is 1. The van der Waals surface area contributed by atoms with E-state index in [1.54, 1.807) is 4.90 Å². The van der Waals surface area contributed by atoms with Gasteiger partial charge in [-0.15, -0.1) is 0 Å². The summed E-state index contributed by atoms with van der Waals surface area (Å²) in [6, 6.07) is -0.0780. The van der Waals surface area contributed by atoms with Crippen molar-refractivity contribution in [1.29, 1.82) is 0 Å². The Bertz CT molecular complexity index is 283. The van der Waals surface area contributed by atoms with Crippen LogP contribution in [0.5, 0.6) is 0 Å². The van der Waals surface area contributed by atoms with Gasteiger partial charge in [0.05, 0.1) is 0 Å². The maximum atomic E-state index is 11.7. The zero-order valence-corrected chi connectivity index (χ0v) is 10.6. The molecule has 6 heteroatoms. The van der Waals surface area contributed by atoms with Crippen molar-refractivity contribution in [2.24, 2.45) is 5.92 Å². The van der Waals surface area contributed by atoms with Crippen LogP contribution in [0.3, 0.4) is 0 Å². The Kier molecular flexibility index (Phi) is 6.49. The monoisotopic (exact) mass is 258 g/mol. The van der Waals surface area contributed by atoms with E-state index in [4.69, 9.17) is 10.2 Å². The number of hydrogen-bond donors (Lipinski definition) is 3. The summed E-state index contributed by atoms with van der Waals surface area (Å²) in [5.41, 5.74) is 0. The summed E-state index contributed by atoms with van der Waals surface area (Å²) in [5, 5.41) is 20.1. The Morgan fingerprint density at radius 1 is 1.33 bits per heavy atom. The Hall–Kier alpha value is -1.30. The maximum Gasteiger partial charge on any atom is 0.317 e.